The number of anilines is 2. The van der Waals surface area contributed by atoms with E-state index in [1.165, 1.54) is 44.6 Å². The van der Waals surface area contributed by atoms with Gasteiger partial charge in [0.05, 0.1) is 24.8 Å². The largest absolute Gasteiger partial charge is 0.481 e. The molecule has 0 fully saturated rings. The van der Waals surface area contributed by atoms with E-state index in [9.17, 15) is 13.2 Å². The van der Waals surface area contributed by atoms with Gasteiger partial charge in [0.2, 0.25) is 11.8 Å². The average molecular weight is 446 g/mol. The lowest BCUT2D eigenvalue weighted by Gasteiger charge is -2.10. The molecular weight excluding hydrogens is 424 g/mol. The van der Waals surface area contributed by atoms with Crippen LogP contribution in [0.25, 0.3) is 0 Å². The van der Waals surface area contributed by atoms with Gasteiger partial charge in [0, 0.05) is 30.9 Å². The van der Waals surface area contributed by atoms with Crippen LogP contribution in [-0.2, 0) is 21.4 Å². The Morgan fingerprint density at radius 3 is 2.45 bits per heavy atom. The minimum Gasteiger partial charge on any atom is -0.481 e. The molecule has 2 N–H and O–H groups in total. The Morgan fingerprint density at radius 1 is 1.10 bits per heavy atom. The molecular formula is C19H22N6O5S. The Bertz CT molecular complexity index is 1140. The second-order valence-electron chi connectivity index (χ2n) is 6.43. The number of ether oxygens (including phenoxy) is 2. The fourth-order valence-electron chi connectivity index (χ4n) is 2.59. The number of hydrogen-bond donors (Lipinski definition) is 2. The lowest BCUT2D eigenvalue weighted by atomic mass is 10.3. The van der Waals surface area contributed by atoms with Crippen LogP contribution in [0.2, 0.25) is 0 Å². The number of benzene rings is 1. The summed E-state index contributed by atoms with van der Waals surface area (Å²) in [7, 11) is -1.18. The summed E-state index contributed by atoms with van der Waals surface area (Å²) in [5, 5.41) is 6.95. The molecule has 0 radical (unpaired) electrons. The number of nitrogens with zero attached hydrogens (tertiary/aromatic N) is 4. The van der Waals surface area contributed by atoms with Gasteiger partial charge in [-0.25, -0.2) is 8.42 Å². The van der Waals surface area contributed by atoms with Crippen molar-refractivity contribution in [2.45, 2.75) is 24.8 Å². The number of nitrogens with one attached hydrogen (secondary N) is 2. The van der Waals surface area contributed by atoms with E-state index in [0.717, 1.165) is 5.69 Å². The Hall–Kier alpha value is -3.67. The van der Waals surface area contributed by atoms with Gasteiger partial charge in [-0.05, 0) is 37.3 Å². The van der Waals surface area contributed by atoms with Gasteiger partial charge >= 0.3 is 6.01 Å². The van der Waals surface area contributed by atoms with Crippen LogP contribution in [0.5, 0.6) is 11.9 Å². The van der Waals surface area contributed by atoms with Gasteiger partial charge in [0.1, 0.15) is 0 Å². The van der Waals surface area contributed by atoms with Crippen LogP contribution in [0, 0.1) is 6.92 Å². The summed E-state index contributed by atoms with van der Waals surface area (Å²) in [5.41, 5.74) is 1.36. The maximum Gasteiger partial charge on any atom is 0.321 e. The van der Waals surface area contributed by atoms with Gasteiger partial charge in [-0.3, -0.25) is 14.2 Å². The number of carbonyl (C=O) groups excluding carboxylic acids is 1. The summed E-state index contributed by atoms with van der Waals surface area (Å²) in [4.78, 5) is 20.0. The standard InChI is InChI=1S/C19H22N6O5S/c1-13-8-10-25(23-13)11-9-17(26)20-14-4-6-15(7-5-14)31(27,28)24-16-12-18(29-2)22-19(21-16)30-3/h4-8,10,12H,9,11H2,1-3H3,(H,20,26)(H,21,22,24). The number of aryl methyl sites for hydroxylation is 2. The summed E-state index contributed by atoms with van der Waals surface area (Å²) < 4.78 is 39.3. The van der Waals surface area contributed by atoms with E-state index in [0.29, 0.717) is 12.2 Å². The highest BCUT2D eigenvalue weighted by Gasteiger charge is 2.17. The first-order valence-electron chi connectivity index (χ1n) is 9.19. The number of hydrogen-bond acceptors (Lipinski definition) is 8. The first-order valence-corrected chi connectivity index (χ1v) is 10.7. The van der Waals surface area contributed by atoms with Crippen molar-refractivity contribution in [3.8, 4) is 11.9 Å². The third kappa shape index (κ3) is 5.92. The minimum absolute atomic E-state index is 0.00469. The molecule has 0 aliphatic heterocycles. The Morgan fingerprint density at radius 2 is 1.84 bits per heavy atom. The Labute approximate surface area is 179 Å². The van der Waals surface area contributed by atoms with Gasteiger partial charge in [-0.2, -0.15) is 15.1 Å². The fraction of sp³-hybridized carbons (Fsp3) is 0.263. The quantitative estimate of drug-likeness (QED) is 0.508. The summed E-state index contributed by atoms with van der Waals surface area (Å²) in [6, 6.07) is 8.92. The van der Waals surface area contributed by atoms with Gasteiger partial charge in [-0.1, -0.05) is 0 Å². The van der Waals surface area contributed by atoms with Crippen molar-refractivity contribution in [3.63, 3.8) is 0 Å². The average Bonchev–Trinajstić information content (AvgIpc) is 3.17. The monoisotopic (exact) mass is 446 g/mol. The number of methoxy groups -OCH3 is 2. The first kappa shape index (κ1) is 22.0. The highest BCUT2D eigenvalue weighted by Crippen LogP contribution is 2.21. The Kier molecular flexibility index (Phi) is 6.70. The van der Waals surface area contributed by atoms with Crippen molar-refractivity contribution in [2.24, 2.45) is 0 Å². The number of carbonyl (C=O) groups is 1. The number of rotatable bonds is 9. The molecule has 0 aliphatic rings. The topological polar surface area (TPSA) is 137 Å². The van der Waals surface area contributed by atoms with E-state index < -0.39 is 10.0 Å². The van der Waals surface area contributed by atoms with Crippen LogP contribution < -0.4 is 19.5 Å². The molecule has 0 spiro atoms. The van der Waals surface area contributed by atoms with E-state index in [1.54, 1.807) is 10.9 Å². The second kappa shape index (κ2) is 9.43. The zero-order chi connectivity index (χ0) is 22.4. The fourth-order valence-corrected chi connectivity index (χ4v) is 3.59. The van der Waals surface area contributed by atoms with Crippen molar-refractivity contribution < 1.29 is 22.7 Å². The summed E-state index contributed by atoms with van der Waals surface area (Å²) >= 11 is 0. The molecule has 2 aromatic heterocycles. The maximum atomic E-state index is 12.6. The van der Waals surface area contributed by atoms with Crippen molar-refractivity contribution in [2.75, 3.05) is 24.3 Å². The lowest BCUT2D eigenvalue weighted by Crippen LogP contribution is -2.16. The molecule has 31 heavy (non-hydrogen) atoms. The van der Waals surface area contributed by atoms with Crippen LogP contribution >= 0.6 is 0 Å². The molecule has 0 bridgehead atoms. The van der Waals surface area contributed by atoms with Crippen LogP contribution in [0.3, 0.4) is 0 Å². The van der Waals surface area contributed by atoms with Crippen molar-refractivity contribution >= 4 is 27.4 Å². The van der Waals surface area contributed by atoms with Gasteiger partial charge in [-0.15, -0.1) is 0 Å². The van der Waals surface area contributed by atoms with E-state index in [2.05, 4.69) is 25.1 Å². The highest BCUT2D eigenvalue weighted by molar-refractivity contribution is 7.92. The number of aromatic nitrogens is 4. The van der Waals surface area contributed by atoms with Crippen LogP contribution in [-0.4, -0.2) is 48.3 Å². The third-order valence-electron chi connectivity index (χ3n) is 4.10. The highest BCUT2D eigenvalue weighted by atomic mass is 32.2. The predicted molar refractivity (Wildman–Crippen MR) is 113 cm³/mol. The summed E-state index contributed by atoms with van der Waals surface area (Å²) in [5.74, 6) is -0.0649. The molecule has 164 valence electrons. The molecule has 11 nitrogen and oxygen atoms in total. The van der Waals surface area contributed by atoms with Crippen molar-refractivity contribution in [3.05, 3.63) is 48.3 Å². The van der Waals surface area contributed by atoms with E-state index >= 15 is 0 Å². The molecule has 3 rings (SSSR count). The maximum absolute atomic E-state index is 12.6. The Balaban J connectivity index is 1.63. The van der Waals surface area contributed by atoms with Crippen LogP contribution in [0.1, 0.15) is 12.1 Å². The first-order chi connectivity index (χ1) is 14.8. The zero-order valence-corrected chi connectivity index (χ0v) is 18.0. The van der Waals surface area contributed by atoms with E-state index in [-0.39, 0.29) is 34.9 Å². The third-order valence-corrected chi connectivity index (χ3v) is 5.47. The van der Waals surface area contributed by atoms with Crippen LogP contribution in [0.15, 0.2) is 47.5 Å². The molecule has 1 amide bonds. The smallest absolute Gasteiger partial charge is 0.321 e. The molecule has 2 heterocycles. The molecule has 0 unspecified atom stereocenters. The molecule has 0 atom stereocenters. The minimum atomic E-state index is -3.93. The number of amides is 1. The normalized spacial score (nSPS) is 11.1. The van der Waals surface area contributed by atoms with E-state index in [4.69, 9.17) is 9.47 Å². The summed E-state index contributed by atoms with van der Waals surface area (Å²) in [6.07, 6.45) is 2.04. The molecule has 0 saturated carbocycles. The van der Waals surface area contributed by atoms with Crippen LogP contribution in [0.4, 0.5) is 11.5 Å². The second-order valence-corrected chi connectivity index (χ2v) is 8.11. The van der Waals surface area contributed by atoms with E-state index in [1.807, 2.05) is 13.0 Å². The predicted octanol–water partition coefficient (Wildman–Crippen LogP) is 1.83. The van der Waals surface area contributed by atoms with Crippen molar-refractivity contribution in [1.82, 2.24) is 19.7 Å². The van der Waals surface area contributed by atoms with Gasteiger partial charge in [0.15, 0.2) is 5.82 Å². The zero-order valence-electron chi connectivity index (χ0n) is 17.2. The SMILES string of the molecule is COc1cc(NS(=O)(=O)c2ccc(NC(=O)CCn3ccc(C)n3)cc2)nc(OC)n1. The van der Waals surface area contributed by atoms with Gasteiger partial charge in [0.25, 0.3) is 10.0 Å². The number of sulfonamides is 1. The summed E-state index contributed by atoms with van der Waals surface area (Å²) in [6.45, 7) is 2.32. The molecule has 0 saturated heterocycles. The molecule has 3 aromatic rings. The van der Waals surface area contributed by atoms with Crippen molar-refractivity contribution in [1.29, 1.82) is 0 Å². The molecule has 12 heteroatoms. The molecule has 1 aromatic carbocycles. The molecule has 0 aliphatic carbocycles. The lowest BCUT2D eigenvalue weighted by molar-refractivity contribution is -0.116. The van der Waals surface area contributed by atoms with Gasteiger partial charge < -0.3 is 14.8 Å².